The first-order valence-corrected chi connectivity index (χ1v) is 10.3. The van der Waals surface area contributed by atoms with Gasteiger partial charge in [-0.05, 0) is 69.5 Å². The van der Waals surface area contributed by atoms with E-state index in [0.717, 1.165) is 46.8 Å². The molecule has 1 N–H and O–H groups in total. The molecule has 0 aromatic heterocycles. The van der Waals surface area contributed by atoms with Gasteiger partial charge in [0.1, 0.15) is 0 Å². The largest absolute Gasteiger partial charge is 0.372 e. The average Bonchev–Trinajstić information content (AvgIpc) is 2.66. The normalized spacial score (nSPS) is 10.6. The topological polar surface area (TPSA) is 52.7 Å². The van der Waals surface area contributed by atoms with Gasteiger partial charge in [-0.2, -0.15) is 0 Å². The lowest BCUT2D eigenvalue weighted by Gasteiger charge is -2.25. The molecule has 2 amide bonds. The molecule has 0 saturated carbocycles. The molecule has 2 rings (SSSR count). The van der Waals surface area contributed by atoms with Crippen LogP contribution in [0.2, 0.25) is 0 Å². The van der Waals surface area contributed by atoms with Crippen molar-refractivity contribution in [3.05, 3.63) is 53.1 Å². The highest BCUT2D eigenvalue weighted by Gasteiger charge is 2.17. The van der Waals surface area contributed by atoms with E-state index in [0.29, 0.717) is 6.54 Å². The van der Waals surface area contributed by atoms with Crippen LogP contribution in [0.5, 0.6) is 0 Å². The van der Waals surface area contributed by atoms with E-state index in [1.54, 1.807) is 11.8 Å². The lowest BCUT2D eigenvalue weighted by molar-refractivity contribution is -0.117. The number of anilines is 3. The van der Waals surface area contributed by atoms with Crippen molar-refractivity contribution in [1.29, 1.82) is 0 Å². The van der Waals surface area contributed by atoms with Gasteiger partial charge in [-0.25, -0.2) is 0 Å². The summed E-state index contributed by atoms with van der Waals surface area (Å²) in [5.41, 5.74) is 5.95. The fourth-order valence-electron chi connectivity index (χ4n) is 3.66. The minimum absolute atomic E-state index is 0.0602. The van der Waals surface area contributed by atoms with Crippen molar-refractivity contribution in [2.75, 3.05) is 34.8 Å². The second-order valence-electron chi connectivity index (χ2n) is 7.38. The number of hydrogen-bond donors (Lipinski definition) is 1. The van der Waals surface area contributed by atoms with Crippen LogP contribution in [-0.4, -0.2) is 31.4 Å². The Morgan fingerprint density at radius 1 is 0.931 bits per heavy atom. The Morgan fingerprint density at radius 3 is 2.07 bits per heavy atom. The summed E-state index contributed by atoms with van der Waals surface area (Å²) >= 11 is 0. The fraction of sp³-hybridized carbons (Fsp3) is 0.417. The lowest BCUT2D eigenvalue weighted by atomic mass is 10.1. The van der Waals surface area contributed by atoms with Crippen LogP contribution >= 0.6 is 0 Å². The van der Waals surface area contributed by atoms with Crippen LogP contribution in [0.15, 0.2) is 36.4 Å². The van der Waals surface area contributed by atoms with Crippen molar-refractivity contribution in [1.82, 2.24) is 0 Å². The molecule has 0 aliphatic carbocycles. The molecule has 0 bridgehead atoms. The van der Waals surface area contributed by atoms with E-state index in [1.807, 2.05) is 51.1 Å². The van der Waals surface area contributed by atoms with Gasteiger partial charge in [0, 0.05) is 50.0 Å². The summed E-state index contributed by atoms with van der Waals surface area (Å²) in [5, 5.41) is 2.99. The number of carbonyl (C=O) groups excluding carboxylic acids is 2. The Bertz CT molecular complexity index is 852. The van der Waals surface area contributed by atoms with Crippen molar-refractivity contribution in [2.45, 2.75) is 48.0 Å². The van der Waals surface area contributed by atoms with E-state index in [-0.39, 0.29) is 18.2 Å². The van der Waals surface area contributed by atoms with Gasteiger partial charge < -0.3 is 15.1 Å². The molecule has 2 aromatic carbocycles. The van der Waals surface area contributed by atoms with Gasteiger partial charge >= 0.3 is 0 Å². The molecule has 5 nitrogen and oxygen atoms in total. The van der Waals surface area contributed by atoms with E-state index < -0.39 is 0 Å². The van der Waals surface area contributed by atoms with Crippen LogP contribution in [-0.2, 0) is 9.59 Å². The highest BCUT2D eigenvalue weighted by atomic mass is 16.2. The van der Waals surface area contributed by atoms with Gasteiger partial charge in [0.25, 0.3) is 0 Å². The van der Waals surface area contributed by atoms with Gasteiger partial charge in [-0.1, -0.05) is 18.2 Å². The molecule has 0 fully saturated rings. The van der Waals surface area contributed by atoms with E-state index in [9.17, 15) is 9.59 Å². The Hall–Kier alpha value is -2.82. The Morgan fingerprint density at radius 2 is 1.55 bits per heavy atom. The molecule has 0 unspecified atom stereocenters. The standard InChI is InChI=1S/C24H33N3O2/c1-7-26(8-2)21-12-13-22(19(5)16-21)25-23(29)14-15-27(20(6)28)24-17(3)10-9-11-18(24)4/h9-13,16H,7-8,14-15H2,1-6H3,(H,25,29). The van der Waals surface area contributed by atoms with Crippen LogP contribution < -0.4 is 15.1 Å². The van der Waals surface area contributed by atoms with Crippen molar-refractivity contribution >= 4 is 28.9 Å². The number of nitrogens with one attached hydrogen (secondary N) is 1. The van der Waals surface area contributed by atoms with E-state index >= 15 is 0 Å². The summed E-state index contributed by atoms with van der Waals surface area (Å²) in [5.74, 6) is -0.156. The third kappa shape index (κ3) is 5.59. The molecule has 0 heterocycles. The molecule has 0 saturated heterocycles. The molecule has 5 heteroatoms. The maximum absolute atomic E-state index is 12.6. The Labute approximate surface area is 174 Å². The zero-order valence-corrected chi connectivity index (χ0v) is 18.5. The van der Waals surface area contributed by atoms with Gasteiger partial charge in [0.05, 0.1) is 0 Å². The zero-order valence-electron chi connectivity index (χ0n) is 18.5. The van der Waals surface area contributed by atoms with Crippen molar-refractivity contribution in [3.63, 3.8) is 0 Å². The second-order valence-corrected chi connectivity index (χ2v) is 7.38. The SMILES string of the molecule is CCN(CC)c1ccc(NC(=O)CCN(C(C)=O)c2c(C)cccc2C)c(C)c1. The fourth-order valence-corrected chi connectivity index (χ4v) is 3.66. The molecule has 0 aliphatic heterocycles. The number of nitrogens with zero attached hydrogens (tertiary/aromatic N) is 2. The van der Waals surface area contributed by atoms with Crippen molar-refractivity contribution < 1.29 is 9.59 Å². The van der Waals surface area contributed by atoms with Crippen LogP contribution in [0.1, 0.15) is 43.9 Å². The third-order valence-corrected chi connectivity index (χ3v) is 5.26. The highest BCUT2D eigenvalue weighted by Crippen LogP contribution is 2.26. The molecule has 0 aliphatic rings. The second kappa shape index (κ2) is 10.1. The van der Waals surface area contributed by atoms with E-state index in [4.69, 9.17) is 0 Å². The maximum atomic E-state index is 12.6. The molecular formula is C24H33N3O2. The molecular weight excluding hydrogens is 362 g/mol. The summed E-state index contributed by atoms with van der Waals surface area (Å²) in [6, 6.07) is 12.0. The number of carbonyl (C=O) groups is 2. The number of hydrogen-bond acceptors (Lipinski definition) is 3. The Balaban J connectivity index is 2.07. The van der Waals surface area contributed by atoms with E-state index in [2.05, 4.69) is 30.1 Å². The van der Waals surface area contributed by atoms with Gasteiger partial charge in [-0.3, -0.25) is 9.59 Å². The minimum atomic E-state index is -0.0961. The predicted molar refractivity (Wildman–Crippen MR) is 122 cm³/mol. The van der Waals surface area contributed by atoms with Crippen LogP contribution in [0.3, 0.4) is 0 Å². The monoisotopic (exact) mass is 395 g/mol. The van der Waals surface area contributed by atoms with E-state index in [1.165, 1.54) is 0 Å². The van der Waals surface area contributed by atoms with Crippen LogP contribution in [0, 0.1) is 20.8 Å². The number of benzene rings is 2. The molecule has 156 valence electrons. The molecule has 0 radical (unpaired) electrons. The van der Waals surface area contributed by atoms with Gasteiger partial charge in [0.15, 0.2) is 0 Å². The number of rotatable bonds is 8. The van der Waals surface area contributed by atoms with Crippen molar-refractivity contribution in [3.8, 4) is 0 Å². The summed E-state index contributed by atoms with van der Waals surface area (Å²) in [7, 11) is 0. The zero-order chi connectivity index (χ0) is 21.6. The molecule has 0 atom stereocenters. The Kier molecular flexibility index (Phi) is 7.82. The summed E-state index contributed by atoms with van der Waals surface area (Å²) < 4.78 is 0. The first kappa shape index (κ1) is 22.5. The van der Waals surface area contributed by atoms with Crippen LogP contribution in [0.25, 0.3) is 0 Å². The summed E-state index contributed by atoms with van der Waals surface area (Å²) in [6.45, 7) is 14.0. The molecule has 29 heavy (non-hydrogen) atoms. The minimum Gasteiger partial charge on any atom is -0.372 e. The smallest absolute Gasteiger partial charge is 0.226 e. The van der Waals surface area contributed by atoms with Gasteiger partial charge in [-0.15, -0.1) is 0 Å². The summed E-state index contributed by atoms with van der Waals surface area (Å²) in [4.78, 5) is 28.8. The predicted octanol–water partition coefficient (Wildman–Crippen LogP) is 4.84. The van der Waals surface area contributed by atoms with Crippen LogP contribution in [0.4, 0.5) is 17.1 Å². The lowest BCUT2D eigenvalue weighted by Crippen LogP contribution is -2.33. The quantitative estimate of drug-likeness (QED) is 0.696. The third-order valence-electron chi connectivity index (χ3n) is 5.26. The average molecular weight is 396 g/mol. The first-order chi connectivity index (χ1) is 13.8. The number of aryl methyl sites for hydroxylation is 3. The first-order valence-electron chi connectivity index (χ1n) is 10.3. The molecule has 2 aromatic rings. The number of amides is 2. The molecule has 0 spiro atoms. The summed E-state index contributed by atoms with van der Waals surface area (Å²) in [6.07, 6.45) is 0.241. The highest BCUT2D eigenvalue weighted by molar-refractivity contribution is 5.96. The van der Waals surface area contributed by atoms with Crippen molar-refractivity contribution in [2.24, 2.45) is 0 Å². The number of para-hydroxylation sites is 1. The maximum Gasteiger partial charge on any atom is 0.226 e. The van der Waals surface area contributed by atoms with Gasteiger partial charge in [0.2, 0.25) is 11.8 Å².